The number of carbonyl (C=O) groups is 1. The Hall–Kier alpha value is -3.33. The van der Waals surface area contributed by atoms with E-state index in [0.717, 1.165) is 28.6 Å². The maximum atomic E-state index is 12.3. The van der Waals surface area contributed by atoms with Crippen molar-refractivity contribution in [3.63, 3.8) is 0 Å². The van der Waals surface area contributed by atoms with E-state index in [1.807, 2.05) is 32.0 Å². The number of methoxy groups -OCH3 is 1. The van der Waals surface area contributed by atoms with E-state index in [1.54, 1.807) is 0 Å². The van der Waals surface area contributed by atoms with Crippen LogP contribution >= 0.6 is 11.8 Å². The molecule has 0 spiro atoms. The summed E-state index contributed by atoms with van der Waals surface area (Å²) in [6.07, 6.45) is 1.49. The van der Waals surface area contributed by atoms with Crippen LogP contribution in [0, 0.1) is 24.0 Å². The van der Waals surface area contributed by atoms with Gasteiger partial charge in [-0.25, -0.2) is 4.99 Å². The number of aryl methyl sites for hydroxylation is 2. The van der Waals surface area contributed by atoms with E-state index < -0.39 is 16.4 Å². The molecule has 0 aromatic heterocycles. The van der Waals surface area contributed by atoms with Gasteiger partial charge in [0.25, 0.3) is 5.91 Å². The molecule has 0 saturated carbocycles. The molecule has 2 aromatic carbocycles. The van der Waals surface area contributed by atoms with E-state index in [9.17, 15) is 20.0 Å². The summed E-state index contributed by atoms with van der Waals surface area (Å²) < 4.78 is 4.98. The number of nitrogens with zero attached hydrogens (tertiary/aromatic N) is 2. The number of carbonyl (C=O) groups excluding carboxylic acids is 1. The lowest BCUT2D eigenvalue weighted by atomic mass is 10.1. The van der Waals surface area contributed by atoms with E-state index in [0.29, 0.717) is 15.6 Å². The Morgan fingerprint density at radius 1 is 1.21 bits per heavy atom. The Bertz CT molecular complexity index is 1030. The average Bonchev–Trinajstić information content (AvgIpc) is 2.94. The molecule has 0 unspecified atom stereocenters. The fourth-order valence-electron chi connectivity index (χ4n) is 2.76. The standard InChI is InChI=1S/C19H17N3O5S/c1-10-4-11(2)6-13(5-10)20-19-21-18(24)16(28-19)9-12-7-14(22(25)26)17(23)15(8-12)27-3/h4-9,23H,1-3H3,(H,20,21,24). The zero-order chi connectivity index (χ0) is 20.4. The van der Waals surface area contributed by atoms with Crippen molar-refractivity contribution in [2.24, 2.45) is 4.99 Å². The molecular formula is C19H17N3O5S. The van der Waals surface area contributed by atoms with Crippen molar-refractivity contribution < 1.29 is 19.6 Å². The molecule has 2 aromatic rings. The fourth-order valence-corrected chi connectivity index (χ4v) is 3.60. The van der Waals surface area contributed by atoms with Crippen LogP contribution in [-0.2, 0) is 4.79 Å². The molecule has 8 nitrogen and oxygen atoms in total. The molecule has 2 N–H and O–H groups in total. The number of phenols is 1. The van der Waals surface area contributed by atoms with Gasteiger partial charge in [0.1, 0.15) is 0 Å². The quantitative estimate of drug-likeness (QED) is 0.459. The third-order valence-electron chi connectivity index (χ3n) is 3.88. The fraction of sp³-hybridized carbons (Fsp3) is 0.158. The minimum Gasteiger partial charge on any atom is -0.500 e. The van der Waals surface area contributed by atoms with Crippen molar-refractivity contribution in [3.8, 4) is 11.5 Å². The number of hydrogen-bond acceptors (Lipinski definition) is 7. The van der Waals surface area contributed by atoms with Crippen molar-refractivity contribution >= 4 is 40.3 Å². The number of ether oxygens (including phenoxy) is 1. The molecule has 1 saturated heterocycles. The van der Waals surface area contributed by atoms with Gasteiger partial charge in [-0.2, -0.15) is 0 Å². The lowest BCUT2D eigenvalue weighted by molar-refractivity contribution is -0.386. The van der Waals surface area contributed by atoms with E-state index in [2.05, 4.69) is 10.3 Å². The SMILES string of the molecule is COc1cc(C=C2SC(=Nc3cc(C)cc(C)c3)NC2=O)cc([N+](=O)[O-])c1O. The molecule has 144 valence electrons. The van der Waals surface area contributed by atoms with Crippen LogP contribution in [0.2, 0.25) is 0 Å². The van der Waals surface area contributed by atoms with Gasteiger partial charge in [-0.1, -0.05) is 6.07 Å². The number of rotatable bonds is 4. The Morgan fingerprint density at radius 3 is 2.50 bits per heavy atom. The highest BCUT2D eigenvalue weighted by atomic mass is 32.2. The second kappa shape index (κ2) is 7.73. The number of thioether (sulfide) groups is 1. The van der Waals surface area contributed by atoms with Gasteiger partial charge in [-0.3, -0.25) is 14.9 Å². The number of nitrogens with one attached hydrogen (secondary N) is 1. The molecule has 0 aliphatic carbocycles. The zero-order valence-corrected chi connectivity index (χ0v) is 16.2. The van der Waals surface area contributed by atoms with Crippen LogP contribution in [0.5, 0.6) is 11.5 Å². The van der Waals surface area contributed by atoms with Gasteiger partial charge < -0.3 is 15.2 Å². The van der Waals surface area contributed by atoms with Gasteiger partial charge in [-0.05, 0) is 66.6 Å². The second-order valence-electron chi connectivity index (χ2n) is 6.18. The molecule has 0 bridgehead atoms. The van der Waals surface area contributed by atoms with Crippen LogP contribution in [0.3, 0.4) is 0 Å². The minimum atomic E-state index is -0.714. The number of nitro groups is 1. The van der Waals surface area contributed by atoms with Crippen molar-refractivity contribution in [2.45, 2.75) is 13.8 Å². The third-order valence-corrected chi connectivity index (χ3v) is 4.79. The van der Waals surface area contributed by atoms with Crippen LogP contribution in [0.25, 0.3) is 6.08 Å². The Labute approximate surface area is 165 Å². The van der Waals surface area contributed by atoms with Crippen LogP contribution in [0.1, 0.15) is 16.7 Å². The number of phenolic OH excluding ortho intramolecular Hbond substituents is 1. The van der Waals surface area contributed by atoms with Gasteiger partial charge in [0, 0.05) is 6.07 Å². The normalized spacial score (nSPS) is 16.5. The number of amides is 1. The summed E-state index contributed by atoms with van der Waals surface area (Å²) in [5.74, 6) is -0.966. The van der Waals surface area contributed by atoms with Gasteiger partial charge in [0.15, 0.2) is 10.9 Å². The number of aliphatic imine (C=N–C) groups is 1. The number of amidine groups is 1. The maximum absolute atomic E-state index is 12.3. The summed E-state index contributed by atoms with van der Waals surface area (Å²) in [6.45, 7) is 3.93. The monoisotopic (exact) mass is 399 g/mol. The van der Waals surface area contributed by atoms with Gasteiger partial charge in [0.2, 0.25) is 5.75 Å². The van der Waals surface area contributed by atoms with E-state index in [1.165, 1.54) is 25.3 Å². The Morgan fingerprint density at radius 2 is 1.89 bits per heavy atom. The molecule has 1 heterocycles. The summed E-state index contributed by atoms with van der Waals surface area (Å²) in [6, 6.07) is 8.44. The lowest BCUT2D eigenvalue weighted by Crippen LogP contribution is -2.19. The van der Waals surface area contributed by atoms with Crippen LogP contribution in [0.4, 0.5) is 11.4 Å². The van der Waals surface area contributed by atoms with Crippen LogP contribution < -0.4 is 10.1 Å². The highest BCUT2D eigenvalue weighted by Crippen LogP contribution is 2.38. The Kier molecular flexibility index (Phi) is 5.36. The molecule has 28 heavy (non-hydrogen) atoms. The molecule has 3 rings (SSSR count). The lowest BCUT2D eigenvalue weighted by Gasteiger charge is -2.05. The van der Waals surface area contributed by atoms with Gasteiger partial charge in [-0.15, -0.1) is 0 Å². The average molecular weight is 399 g/mol. The summed E-state index contributed by atoms with van der Waals surface area (Å²) in [4.78, 5) is 27.4. The van der Waals surface area contributed by atoms with Crippen molar-refractivity contribution in [1.82, 2.24) is 5.32 Å². The number of hydrogen-bond donors (Lipinski definition) is 2. The van der Waals surface area contributed by atoms with Crippen molar-refractivity contribution in [3.05, 3.63) is 62.0 Å². The maximum Gasteiger partial charge on any atom is 0.315 e. The van der Waals surface area contributed by atoms with Crippen molar-refractivity contribution in [1.29, 1.82) is 0 Å². The van der Waals surface area contributed by atoms with E-state index >= 15 is 0 Å². The van der Waals surface area contributed by atoms with Crippen LogP contribution in [-0.4, -0.2) is 28.2 Å². The largest absolute Gasteiger partial charge is 0.500 e. The minimum absolute atomic E-state index is 0.0476. The second-order valence-corrected chi connectivity index (χ2v) is 7.21. The van der Waals surface area contributed by atoms with E-state index in [4.69, 9.17) is 4.74 Å². The summed E-state index contributed by atoms with van der Waals surface area (Å²) >= 11 is 1.13. The van der Waals surface area contributed by atoms with Crippen molar-refractivity contribution in [2.75, 3.05) is 7.11 Å². The molecule has 1 amide bonds. The number of aromatic hydroxyl groups is 1. The van der Waals surface area contributed by atoms with Gasteiger partial charge in [0.05, 0.1) is 22.6 Å². The predicted octanol–water partition coefficient (Wildman–Crippen LogP) is 3.82. The molecule has 0 radical (unpaired) electrons. The smallest absolute Gasteiger partial charge is 0.315 e. The predicted molar refractivity (Wildman–Crippen MR) is 108 cm³/mol. The van der Waals surface area contributed by atoms with Crippen LogP contribution in [0.15, 0.2) is 40.2 Å². The Balaban J connectivity index is 1.93. The third kappa shape index (κ3) is 4.15. The van der Waals surface area contributed by atoms with E-state index in [-0.39, 0.29) is 11.7 Å². The molecule has 9 heteroatoms. The summed E-state index contributed by atoms with van der Waals surface area (Å²) in [7, 11) is 1.29. The number of benzene rings is 2. The first-order valence-electron chi connectivity index (χ1n) is 8.20. The summed E-state index contributed by atoms with van der Waals surface area (Å²) in [5.41, 5.74) is 2.70. The molecule has 0 atom stereocenters. The first-order chi connectivity index (χ1) is 13.3. The molecule has 1 aliphatic heterocycles. The van der Waals surface area contributed by atoms with Gasteiger partial charge >= 0.3 is 5.69 Å². The topological polar surface area (TPSA) is 114 Å². The summed E-state index contributed by atoms with van der Waals surface area (Å²) in [5, 5.41) is 24.1. The first-order valence-corrected chi connectivity index (χ1v) is 9.01. The molecular weight excluding hydrogens is 382 g/mol. The number of nitro benzene ring substituents is 1. The highest BCUT2D eigenvalue weighted by Gasteiger charge is 2.25. The molecule has 1 fully saturated rings. The molecule has 1 aliphatic rings. The highest BCUT2D eigenvalue weighted by molar-refractivity contribution is 8.18. The first kappa shape index (κ1) is 19.4. The zero-order valence-electron chi connectivity index (χ0n) is 15.3.